The van der Waals surface area contributed by atoms with Gasteiger partial charge in [0.1, 0.15) is 5.75 Å². The Morgan fingerprint density at radius 1 is 1.19 bits per heavy atom. The van der Waals surface area contributed by atoms with Crippen LogP contribution in [-0.4, -0.2) is 37.8 Å². The summed E-state index contributed by atoms with van der Waals surface area (Å²) in [5.74, 6) is 1.12. The van der Waals surface area contributed by atoms with E-state index in [4.69, 9.17) is 4.74 Å². The molecule has 1 aliphatic carbocycles. The van der Waals surface area contributed by atoms with Gasteiger partial charge in [0.25, 0.3) is 5.91 Å². The van der Waals surface area contributed by atoms with E-state index in [-0.39, 0.29) is 24.0 Å². The minimum Gasteiger partial charge on any atom is -0.493 e. The van der Waals surface area contributed by atoms with Gasteiger partial charge in [-0.05, 0) is 66.3 Å². The quantitative estimate of drug-likeness (QED) is 0.854. The number of anilines is 1. The summed E-state index contributed by atoms with van der Waals surface area (Å²) in [5.41, 5.74) is 4.00. The Balaban J connectivity index is 1.55. The number of carbonyl (C=O) groups excluding carboxylic acids is 1. The highest BCUT2D eigenvalue weighted by Crippen LogP contribution is 2.40. The van der Waals surface area contributed by atoms with Gasteiger partial charge >= 0.3 is 0 Å². The summed E-state index contributed by atoms with van der Waals surface area (Å²) in [6.45, 7) is 0.718. The first-order chi connectivity index (χ1) is 13.0. The van der Waals surface area contributed by atoms with E-state index in [1.54, 1.807) is 0 Å². The molecule has 142 valence electrons. The number of rotatable bonds is 5. The van der Waals surface area contributed by atoms with Crippen molar-refractivity contribution in [3.8, 4) is 5.75 Å². The maximum Gasteiger partial charge on any atom is 0.251 e. The van der Waals surface area contributed by atoms with Crippen LogP contribution < -0.4 is 15.0 Å². The first-order valence-electron chi connectivity index (χ1n) is 9.53. The standard InChI is InChI=1S/C22H26N2O3/c1-24(2)18-6-3-14(4-7-18)22(26)23-21(17-12-19(25)13-17)16-5-8-20-15(11-16)9-10-27-20/h3-8,11,17,19,21,25H,9-10,12-13H2,1-2H3,(H,23,26)/t17?,19?,21-/m0/s1. The molecule has 4 rings (SSSR count). The molecular formula is C22H26N2O3. The van der Waals surface area contributed by atoms with Crippen molar-refractivity contribution in [2.75, 3.05) is 25.6 Å². The summed E-state index contributed by atoms with van der Waals surface area (Å²) < 4.78 is 5.60. The number of aliphatic hydroxyl groups is 1. The lowest BCUT2D eigenvalue weighted by Crippen LogP contribution is -2.41. The van der Waals surface area contributed by atoms with Crippen molar-refractivity contribution in [1.82, 2.24) is 5.32 Å². The molecule has 27 heavy (non-hydrogen) atoms. The number of fused-ring (bicyclic) bond motifs is 1. The zero-order chi connectivity index (χ0) is 19.0. The van der Waals surface area contributed by atoms with Crippen LogP contribution in [0.15, 0.2) is 42.5 Å². The van der Waals surface area contributed by atoms with E-state index in [0.29, 0.717) is 5.56 Å². The van der Waals surface area contributed by atoms with Crippen LogP contribution in [0, 0.1) is 5.92 Å². The molecule has 2 aliphatic rings. The molecule has 0 unspecified atom stereocenters. The Bertz CT molecular complexity index is 826. The smallest absolute Gasteiger partial charge is 0.251 e. The fourth-order valence-electron chi connectivity index (χ4n) is 3.91. The van der Waals surface area contributed by atoms with E-state index >= 15 is 0 Å². The highest BCUT2D eigenvalue weighted by Gasteiger charge is 2.36. The molecule has 1 heterocycles. The van der Waals surface area contributed by atoms with Crippen molar-refractivity contribution in [2.45, 2.75) is 31.4 Å². The second-order valence-electron chi connectivity index (χ2n) is 7.74. The van der Waals surface area contributed by atoms with Crippen LogP contribution in [0.3, 0.4) is 0 Å². The molecule has 0 bridgehead atoms. The average molecular weight is 366 g/mol. The lowest BCUT2D eigenvalue weighted by Gasteiger charge is -2.38. The summed E-state index contributed by atoms with van der Waals surface area (Å²) >= 11 is 0. The topological polar surface area (TPSA) is 61.8 Å². The fraction of sp³-hybridized carbons (Fsp3) is 0.409. The lowest BCUT2D eigenvalue weighted by atomic mass is 9.74. The molecule has 2 aromatic carbocycles. The number of carbonyl (C=O) groups is 1. The minimum absolute atomic E-state index is 0.0801. The van der Waals surface area contributed by atoms with Gasteiger partial charge in [-0.2, -0.15) is 0 Å². The first-order valence-corrected chi connectivity index (χ1v) is 9.53. The summed E-state index contributed by atoms with van der Waals surface area (Å²) in [4.78, 5) is 14.9. The van der Waals surface area contributed by atoms with Crippen LogP contribution in [-0.2, 0) is 6.42 Å². The van der Waals surface area contributed by atoms with Gasteiger partial charge in [-0.1, -0.05) is 6.07 Å². The monoisotopic (exact) mass is 366 g/mol. The number of hydrogen-bond donors (Lipinski definition) is 2. The van der Waals surface area contributed by atoms with Crippen molar-refractivity contribution in [3.05, 3.63) is 59.2 Å². The highest BCUT2D eigenvalue weighted by molar-refractivity contribution is 5.94. The van der Waals surface area contributed by atoms with E-state index in [2.05, 4.69) is 11.4 Å². The Morgan fingerprint density at radius 3 is 2.59 bits per heavy atom. The molecule has 0 spiro atoms. The molecule has 1 atom stereocenters. The first kappa shape index (κ1) is 17.9. The maximum absolute atomic E-state index is 12.9. The second-order valence-corrected chi connectivity index (χ2v) is 7.74. The molecular weight excluding hydrogens is 340 g/mol. The van der Waals surface area contributed by atoms with Gasteiger partial charge in [-0.15, -0.1) is 0 Å². The third-order valence-electron chi connectivity index (χ3n) is 5.63. The summed E-state index contributed by atoms with van der Waals surface area (Å²) in [7, 11) is 3.95. The van der Waals surface area contributed by atoms with Gasteiger partial charge in [0.15, 0.2) is 0 Å². The number of nitrogens with one attached hydrogen (secondary N) is 1. The Hall–Kier alpha value is -2.53. The van der Waals surface area contributed by atoms with Gasteiger partial charge in [0.05, 0.1) is 18.8 Å². The van der Waals surface area contributed by atoms with Crippen molar-refractivity contribution in [2.24, 2.45) is 5.92 Å². The van der Waals surface area contributed by atoms with E-state index in [0.717, 1.165) is 42.9 Å². The van der Waals surface area contributed by atoms with Crippen LogP contribution in [0.4, 0.5) is 5.69 Å². The molecule has 1 amide bonds. The van der Waals surface area contributed by atoms with Crippen molar-refractivity contribution in [1.29, 1.82) is 0 Å². The molecule has 2 aromatic rings. The van der Waals surface area contributed by atoms with Crippen molar-refractivity contribution >= 4 is 11.6 Å². The molecule has 1 fully saturated rings. The van der Waals surface area contributed by atoms with E-state index in [9.17, 15) is 9.90 Å². The largest absolute Gasteiger partial charge is 0.493 e. The normalized spacial score (nSPS) is 21.6. The van der Waals surface area contributed by atoms with Crippen molar-refractivity contribution in [3.63, 3.8) is 0 Å². The zero-order valence-corrected chi connectivity index (χ0v) is 15.8. The average Bonchev–Trinajstić information content (AvgIpc) is 3.11. The Labute approximate surface area is 160 Å². The molecule has 0 aromatic heterocycles. The third-order valence-corrected chi connectivity index (χ3v) is 5.63. The highest BCUT2D eigenvalue weighted by atomic mass is 16.5. The minimum atomic E-state index is -0.258. The lowest BCUT2D eigenvalue weighted by molar-refractivity contribution is 0.0235. The van der Waals surface area contributed by atoms with Crippen molar-refractivity contribution < 1.29 is 14.6 Å². The predicted molar refractivity (Wildman–Crippen MR) is 105 cm³/mol. The van der Waals surface area contributed by atoms with Crippen LogP contribution in [0.1, 0.15) is 40.4 Å². The van der Waals surface area contributed by atoms with Crippen LogP contribution >= 0.6 is 0 Å². The molecule has 2 N–H and O–H groups in total. The van der Waals surface area contributed by atoms with Gasteiger partial charge in [0.2, 0.25) is 0 Å². The number of nitrogens with zero attached hydrogens (tertiary/aromatic N) is 1. The van der Waals surface area contributed by atoms with E-state index in [1.165, 1.54) is 5.56 Å². The van der Waals surface area contributed by atoms with Gasteiger partial charge in [-0.25, -0.2) is 0 Å². The number of aliphatic hydroxyl groups excluding tert-OH is 1. The van der Waals surface area contributed by atoms with Crippen LogP contribution in [0.25, 0.3) is 0 Å². The van der Waals surface area contributed by atoms with Crippen LogP contribution in [0.5, 0.6) is 5.75 Å². The summed E-state index contributed by atoms with van der Waals surface area (Å²) in [5, 5.41) is 13.0. The molecule has 5 heteroatoms. The molecule has 0 radical (unpaired) electrons. The Morgan fingerprint density at radius 2 is 1.93 bits per heavy atom. The summed E-state index contributed by atoms with van der Waals surface area (Å²) in [6.07, 6.45) is 2.09. The zero-order valence-electron chi connectivity index (χ0n) is 15.8. The number of amides is 1. The van der Waals surface area contributed by atoms with E-state index in [1.807, 2.05) is 55.4 Å². The molecule has 5 nitrogen and oxygen atoms in total. The van der Waals surface area contributed by atoms with Gasteiger partial charge in [-0.3, -0.25) is 4.79 Å². The maximum atomic E-state index is 12.9. The number of benzene rings is 2. The van der Waals surface area contributed by atoms with Gasteiger partial charge < -0.3 is 20.1 Å². The Kier molecular flexibility index (Phi) is 4.79. The second kappa shape index (κ2) is 7.24. The van der Waals surface area contributed by atoms with Gasteiger partial charge in [0, 0.05) is 31.8 Å². The fourth-order valence-corrected chi connectivity index (χ4v) is 3.91. The molecule has 0 saturated heterocycles. The number of ether oxygens (including phenoxy) is 1. The van der Waals surface area contributed by atoms with E-state index < -0.39 is 0 Å². The number of hydrogen-bond acceptors (Lipinski definition) is 4. The van der Waals surface area contributed by atoms with Crippen LogP contribution in [0.2, 0.25) is 0 Å². The SMILES string of the molecule is CN(C)c1ccc(C(=O)N[C@@H](c2ccc3c(c2)CCO3)C2CC(O)C2)cc1. The molecule has 1 aliphatic heterocycles. The summed E-state index contributed by atoms with van der Waals surface area (Å²) in [6, 6.07) is 13.7. The predicted octanol–water partition coefficient (Wildman–Crippen LogP) is 2.93. The molecule has 1 saturated carbocycles. The third kappa shape index (κ3) is 3.65.